The first-order chi connectivity index (χ1) is 31.4. The summed E-state index contributed by atoms with van der Waals surface area (Å²) in [4.78, 5) is 119. The van der Waals surface area contributed by atoms with E-state index in [2.05, 4.69) is 51.8 Å². The van der Waals surface area contributed by atoms with E-state index in [-0.39, 0.29) is 50.4 Å². The zero-order valence-electron chi connectivity index (χ0n) is 35.5. The second-order valence-electron chi connectivity index (χ2n) is 15.0. The number of nitrogens with zero attached hydrogens (tertiary/aromatic N) is 2. The van der Waals surface area contributed by atoms with E-state index < -0.39 is 103 Å². The van der Waals surface area contributed by atoms with E-state index in [4.69, 9.17) is 22.9 Å². The standard InChI is InChI=1S/C41H54N14O11/c42-26(15-33(43)58)35(61)55-32(19-56)40(66)51-28(6-3-11-47-41(44)45)37(63)52-29(12-21-7-9-24(57)10-8-21)38(64)54-31(14-23-17-46-20-50-23)39(65)53-30(36(62)49-18-34(59)60)13-22-16-48-27-5-2-1-4-25(22)27/h1-2,4-5,7-10,16-17,20,26,28-32,48,56-57H,3,6,11-15,18-19,42H2,(H2,43,58)(H,46,50)(H,49,62)(H,51,66)(H,52,63)(H,53,65)(H,54,64)(H,55,61)(H,59,60)(H4,44,45,47)/t26-,28-,29-,30-,31-,32-/m0/s1. The topological polar surface area (TPSA) is 430 Å². The van der Waals surface area contributed by atoms with Gasteiger partial charge in [0.1, 0.15) is 42.5 Å². The van der Waals surface area contributed by atoms with Gasteiger partial charge >= 0.3 is 5.97 Å². The third-order valence-corrected chi connectivity index (χ3v) is 9.92. The van der Waals surface area contributed by atoms with Crippen molar-refractivity contribution in [2.24, 2.45) is 27.9 Å². The monoisotopic (exact) mass is 918 g/mol. The Labute approximate surface area is 376 Å². The minimum Gasteiger partial charge on any atom is -0.508 e. The molecule has 0 fully saturated rings. The number of aliphatic carboxylic acids is 1. The highest BCUT2D eigenvalue weighted by Gasteiger charge is 2.34. The minimum atomic E-state index is -1.66. The van der Waals surface area contributed by atoms with E-state index >= 15 is 0 Å². The molecule has 0 saturated heterocycles. The molecular formula is C41H54N14O11. The smallest absolute Gasteiger partial charge is 0.322 e. The van der Waals surface area contributed by atoms with Crippen molar-refractivity contribution >= 4 is 64.2 Å². The molecule has 4 aromatic rings. The third-order valence-electron chi connectivity index (χ3n) is 9.92. The first kappa shape index (κ1) is 50.6. The normalized spacial score (nSPS) is 13.7. The molecule has 2 heterocycles. The van der Waals surface area contributed by atoms with Crippen LogP contribution in [0.15, 0.2) is 72.2 Å². The summed E-state index contributed by atoms with van der Waals surface area (Å²) in [6, 6.07) is 3.94. The Bertz CT molecular complexity index is 2350. The Hall–Kier alpha value is -8.06. The zero-order valence-corrected chi connectivity index (χ0v) is 35.5. The van der Waals surface area contributed by atoms with Gasteiger partial charge in [0.15, 0.2) is 5.96 Å². The molecule has 0 unspecified atom stereocenters. The molecule has 0 radical (unpaired) electrons. The number of H-pyrrole nitrogens is 2. The van der Waals surface area contributed by atoms with E-state index in [1.807, 2.05) is 6.07 Å². The van der Waals surface area contributed by atoms with Crippen LogP contribution in [0.2, 0.25) is 0 Å². The van der Waals surface area contributed by atoms with Gasteiger partial charge in [-0.25, -0.2) is 4.98 Å². The number of benzene rings is 2. The molecule has 25 heteroatoms. The Morgan fingerprint density at radius 2 is 1.30 bits per heavy atom. The number of para-hydroxylation sites is 1. The fourth-order valence-corrected chi connectivity index (χ4v) is 6.56. The van der Waals surface area contributed by atoms with Crippen molar-refractivity contribution in [3.05, 3.63) is 84.1 Å². The second-order valence-corrected chi connectivity index (χ2v) is 15.0. The lowest BCUT2D eigenvalue weighted by Crippen LogP contribution is -2.60. The van der Waals surface area contributed by atoms with Gasteiger partial charge in [-0.3, -0.25) is 43.3 Å². The van der Waals surface area contributed by atoms with E-state index in [0.29, 0.717) is 16.8 Å². The fraction of sp³-hybridized carbons (Fsp3) is 0.366. The van der Waals surface area contributed by atoms with Gasteiger partial charge in [-0.15, -0.1) is 0 Å². The van der Waals surface area contributed by atoms with Crippen molar-refractivity contribution in [2.75, 3.05) is 19.7 Å². The maximum absolute atomic E-state index is 14.4. The number of nitrogens with one attached hydrogen (secondary N) is 8. The number of hydrogen-bond donors (Lipinski definition) is 15. The van der Waals surface area contributed by atoms with Crippen molar-refractivity contribution in [1.82, 2.24) is 46.9 Å². The number of carbonyl (C=O) groups is 8. The number of carboxylic acid groups (broad SMARTS) is 1. The van der Waals surface area contributed by atoms with Crippen molar-refractivity contribution in [3.63, 3.8) is 0 Å². The summed E-state index contributed by atoms with van der Waals surface area (Å²) >= 11 is 0. The number of carbonyl (C=O) groups excluding carboxylic acids is 7. The Morgan fingerprint density at radius 3 is 1.91 bits per heavy atom. The van der Waals surface area contributed by atoms with Crippen molar-refractivity contribution in [2.45, 2.75) is 74.8 Å². The maximum atomic E-state index is 14.4. The molecule has 66 heavy (non-hydrogen) atoms. The van der Waals surface area contributed by atoms with Crippen LogP contribution in [0.5, 0.6) is 5.75 Å². The maximum Gasteiger partial charge on any atom is 0.322 e. The molecule has 2 aromatic heterocycles. The van der Waals surface area contributed by atoms with Crippen molar-refractivity contribution in [3.8, 4) is 5.75 Å². The van der Waals surface area contributed by atoms with E-state index in [9.17, 15) is 53.7 Å². The number of aliphatic hydroxyl groups excluding tert-OH is 1. The molecule has 354 valence electrons. The van der Waals surface area contributed by atoms with E-state index in [1.165, 1.54) is 36.8 Å². The van der Waals surface area contributed by atoms with Gasteiger partial charge in [-0.05, 0) is 42.2 Å². The van der Waals surface area contributed by atoms with Gasteiger partial charge in [-0.2, -0.15) is 0 Å². The number of carboxylic acids is 1. The first-order valence-corrected chi connectivity index (χ1v) is 20.5. The molecule has 7 amide bonds. The molecule has 0 spiro atoms. The number of aromatic hydroxyl groups is 1. The SMILES string of the molecule is NC(=O)C[C@H](N)C(=O)N[C@@H](CO)C(=O)N[C@@H](CCCN=C(N)N)C(=O)N[C@@H](Cc1ccc(O)cc1)C(=O)N[C@@H](Cc1cnc[nH]1)C(=O)N[C@@H](Cc1c[nH]c2ccccc12)C(=O)NCC(=O)O. The van der Waals surface area contributed by atoms with E-state index in [0.717, 1.165) is 10.9 Å². The van der Waals surface area contributed by atoms with Crippen LogP contribution >= 0.6 is 0 Å². The number of imidazole rings is 1. The quantitative estimate of drug-likeness (QED) is 0.0160. The lowest BCUT2D eigenvalue weighted by molar-refractivity contribution is -0.138. The summed E-state index contributed by atoms with van der Waals surface area (Å²) in [5.74, 6) is -8.19. The second kappa shape index (κ2) is 24.7. The molecule has 6 atom stereocenters. The molecule has 0 aliphatic carbocycles. The van der Waals surface area contributed by atoms with Crippen LogP contribution < -0.4 is 54.8 Å². The molecule has 4 rings (SSSR count). The Morgan fingerprint density at radius 1 is 0.712 bits per heavy atom. The average Bonchev–Trinajstić information content (AvgIpc) is 3.95. The Kier molecular flexibility index (Phi) is 18.9. The molecule has 0 saturated carbocycles. The number of aromatic nitrogens is 3. The van der Waals surface area contributed by atoms with Gasteiger partial charge < -0.3 is 80.1 Å². The highest BCUT2D eigenvalue weighted by Crippen LogP contribution is 2.20. The molecular weight excluding hydrogens is 865 g/mol. The summed E-state index contributed by atoms with van der Waals surface area (Å²) in [6.07, 6.45) is 3.21. The number of aromatic amines is 2. The number of aliphatic imine (C=N–C) groups is 1. The number of guanidine groups is 1. The summed E-state index contributed by atoms with van der Waals surface area (Å²) in [6.45, 7) is -1.71. The largest absolute Gasteiger partial charge is 0.508 e. The third kappa shape index (κ3) is 15.9. The van der Waals surface area contributed by atoms with Crippen LogP contribution in [-0.4, -0.2) is 139 Å². The van der Waals surface area contributed by atoms with Crippen molar-refractivity contribution in [1.29, 1.82) is 0 Å². The zero-order chi connectivity index (χ0) is 48.3. The van der Waals surface area contributed by atoms with Crippen LogP contribution in [0.3, 0.4) is 0 Å². The van der Waals surface area contributed by atoms with E-state index in [1.54, 1.807) is 24.4 Å². The van der Waals surface area contributed by atoms with Gasteiger partial charge in [0.2, 0.25) is 41.4 Å². The van der Waals surface area contributed by atoms with Crippen LogP contribution in [0.1, 0.15) is 36.1 Å². The van der Waals surface area contributed by atoms with Gasteiger partial charge in [-0.1, -0.05) is 30.3 Å². The molecule has 0 aliphatic rings. The lowest BCUT2D eigenvalue weighted by Gasteiger charge is -2.27. The fourth-order valence-electron chi connectivity index (χ4n) is 6.56. The number of nitrogens with two attached hydrogens (primary N) is 4. The Balaban J connectivity index is 1.63. The number of rotatable bonds is 26. The summed E-state index contributed by atoms with van der Waals surface area (Å²) in [5.41, 5.74) is 23.9. The first-order valence-electron chi connectivity index (χ1n) is 20.5. The number of aliphatic hydroxyl groups is 1. The van der Waals surface area contributed by atoms with Gasteiger partial charge in [0, 0.05) is 54.8 Å². The predicted molar refractivity (Wildman–Crippen MR) is 235 cm³/mol. The number of phenols is 1. The molecule has 25 nitrogen and oxygen atoms in total. The van der Waals surface area contributed by atoms with Crippen LogP contribution in [0.25, 0.3) is 10.9 Å². The summed E-state index contributed by atoms with van der Waals surface area (Å²) in [7, 11) is 0. The van der Waals surface area contributed by atoms with Crippen LogP contribution in [0.4, 0.5) is 0 Å². The summed E-state index contributed by atoms with van der Waals surface area (Å²) in [5, 5.41) is 44.7. The molecule has 19 N–H and O–H groups in total. The summed E-state index contributed by atoms with van der Waals surface area (Å²) < 4.78 is 0. The molecule has 0 aliphatic heterocycles. The van der Waals surface area contributed by atoms with Gasteiger partial charge in [0.05, 0.1) is 25.4 Å². The van der Waals surface area contributed by atoms with Crippen LogP contribution in [-0.2, 0) is 57.6 Å². The number of hydrogen-bond acceptors (Lipinski definition) is 13. The number of primary amides is 1. The van der Waals surface area contributed by atoms with Crippen LogP contribution in [0, 0.1) is 0 Å². The average molecular weight is 919 g/mol. The molecule has 2 aromatic carbocycles. The minimum absolute atomic E-state index is 0.00155. The highest BCUT2D eigenvalue weighted by molar-refractivity contribution is 5.98. The number of fused-ring (bicyclic) bond motifs is 1. The molecule has 0 bridgehead atoms. The van der Waals surface area contributed by atoms with Crippen molar-refractivity contribution < 1.29 is 53.7 Å². The number of amides is 7. The lowest BCUT2D eigenvalue weighted by atomic mass is 10.0. The predicted octanol–water partition coefficient (Wildman–Crippen LogP) is -4.50. The van der Waals surface area contributed by atoms with Gasteiger partial charge in [0.25, 0.3) is 0 Å². The number of phenolic OH excluding ortho intramolecular Hbond substituents is 1. The highest BCUT2D eigenvalue weighted by atomic mass is 16.4.